The number of carboxylic acids is 1. The lowest BCUT2D eigenvalue weighted by molar-refractivity contribution is -0.145. The number of hydrogen-bond acceptors (Lipinski definition) is 4. The van der Waals surface area contributed by atoms with Crippen LogP contribution in [-0.2, 0) is 9.59 Å². The molecule has 3 rings (SSSR count). The predicted octanol–water partition coefficient (Wildman–Crippen LogP) is 0.617. The number of ether oxygens (including phenoxy) is 1. The van der Waals surface area contributed by atoms with Gasteiger partial charge in [-0.15, -0.1) is 0 Å². The SMILES string of the molecule is O=C(O)C1CN(C(=O)[C@@H]2CCCN2)c2ccccc2O1. The van der Waals surface area contributed by atoms with Crippen LogP contribution in [0.1, 0.15) is 12.8 Å². The maximum absolute atomic E-state index is 12.5. The number of anilines is 1. The van der Waals surface area contributed by atoms with Gasteiger partial charge in [-0.3, -0.25) is 4.79 Å². The number of rotatable bonds is 2. The van der Waals surface area contributed by atoms with Crippen LogP contribution < -0.4 is 15.0 Å². The zero-order valence-corrected chi connectivity index (χ0v) is 10.9. The minimum absolute atomic E-state index is 0.0450. The highest BCUT2D eigenvalue weighted by molar-refractivity contribution is 6.00. The molecule has 0 bridgehead atoms. The first-order chi connectivity index (χ1) is 9.66. The molecule has 1 amide bonds. The van der Waals surface area contributed by atoms with Gasteiger partial charge >= 0.3 is 5.97 Å². The van der Waals surface area contributed by atoms with Crippen molar-refractivity contribution in [2.45, 2.75) is 25.0 Å². The van der Waals surface area contributed by atoms with Crippen LogP contribution in [0.2, 0.25) is 0 Å². The molecule has 1 saturated heterocycles. The van der Waals surface area contributed by atoms with Crippen molar-refractivity contribution in [2.75, 3.05) is 18.0 Å². The number of nitrogens with zero attached hydrogens (tertiary/aromatic N) is 1. The maximum Gasteiger partial charge on any atom is 0.346 e. The lowest BCUT2D eigenvalue weighted by Crippen LogP contribution is -2.51. The molecule has 2 aliphatic rings. The Balaban J connectivity index is 1.91. The molecule has 1 fully saturated rings. The molecule has 2 atom stereocenters. The minimum Gasteiger partial charge on any atom is -0.478 e. The number of amides is 1. The van der Waals surface area contributed by atoms with Crippen LogP contribution in [0.15, 0.2) is 24.3 Å². The summed E-state index contributed by atoms with van der Waals surface area (Å²) < 4.78 is 5.42. The number of fused-ring (bicyclic) bond motifs is 1. The lowest BCUT2D eigenvalue weighted by Gasteiger charge is -2.34. The van der Waals surface area contributed by atoms with E-state index in [1.807, 2.05) is 6.07 Å². The number of nitrogens with one attached hydrogen (secondary N) is 1. The molecule has 0 radical (unpaired) electrons. The Hall–Kier alpha value is -2.08. The van der Waals surface area contributed by atoms with Gasteiger partial charge in [0.25, 0.3) is 0 Å². The fraction of sp³-hybridized carbons (Fsp3) is 0.429. The Morgan fingerprint density at radius 1 is 1.35 bits per heavy atom. The summed E-state index contributed by atoms with van der Waals surface area (Å²) in [6.45, 7) is 0.869. The number of hydrogen-bond donors (Lipinski definition) is 2. The molecule has 106 valence electrons. The van der Waals surface area contributed by atoms with Gasteiger partial charge in [0.2, 0.25) is 12.0 Å². The third kappa shape index (κ3) is 2.22. The molecule has 6 nitrogen and oxygen atoms in total. The van der Waals surface area contributed by atoms with E-state index in [1.165, 1.54) is 4.90 Å². The quantitative estimate of drug-likeness (QED) is 0.827. The molecule has 1 aromatic carbocycles. The molecule has 20 heavy (non-hydrogen) atoms. The first-order valence-corrected chi connectivity index (χ1v) is 6.70. The second-order valence-electron chi connectivity index (χ2n) is 5.01. The van der Waals surface area contributed by atoms with Gasteiger partial charge < -0.3 is 20.1 Å². The Kier molecular flexibility index (Phi) is 3.31. The van der Waals surface area contributed by atoms with E-state index in [0.29, 0.717) is 11.4 Å². The highest BCUT2D eigenvalue weighted by atomic mass is 16.5. The molecule has 0 aromatic heterocycles. The van der Waals surface area contributed by atoms with E-state index in [-0.39, 0.29) is 18.5 Å². The van der Waals surface area contributed by atoms with Crippen molar-refractivity contribution in [3.05, 3.63) is 24.3 Å². The van der Waals surface area contributed by atoms with Gasteiger partial charge in [0.05, 0.1) is 18.3 Å². The lowest BCUT2D eigenvalue weighted by atomic mass is 10.1. The normalized spacial score (nSPS) is 24.9. The van der Waals surface area contributed by atoms with Gasteiger partial charge in [0, 0.05) is 0 Å². The van der Waals surface area contributed by atoms with Crippen LogP contribution >= 0.6 is 0 Å². The summed E-state index contributed by atoms with van der Waals surface area (Å²) in [5, 5.41) is 12.3. The van der Waals surface area contributed by atoms with E-state index in [0.717, 1.165) is 19.4 Å². The minimum atomic E-state index is -1.06. The molecule has 6 heteroatoms. The van der Waals surface area contributed by atoms with Gasteiger partial charge in [-0.05, 0) is 31.5 Å². The first kappa shape index (κ1) is 12.9. The second kappa shape index (κ2) is 5.13. The van der Waals surface area contributed by atoms with Crippen molar-refractivity contribution < 1.29 is 19.4 Å². The van der Waals surface area contributed by atoms with Crippen molar-refractivity contribution in [1.29, 1.82) is 0 Å². The van der Waals surface area contributed by atoms with Crippen LogP contribution in [-0.4, -0.2) is 42.2 Å². The smallest absolute Gasteiger partial charge is 0.346 e. The van der Waals surface area contributed by atoms with E-state index >= 15 is 0 Å². The number of carboxylic acid groups (broad SMARTS) is 1. The Morgan fingerprint density at radius 3 is 2.85 bits per heavy atom. The van der Waals surface area contributed by atoms with Crippen LogP contribution in [0, 0.1) is 0 Å². The predicted molar refractivity (Wildman–Crippen MR) is 71.9 cm³/mol. The van der Waals surface area contributed by atoms with Gasteiger partial charge in [-0.2, -0.15) is 0 Å². The van der Waals surface area contributed by atoms with Gasteiger partial charge in [-0.1, -0.05) is 12.1 Å². The van der Waals surface area contributed by atoms with E-state index in [1.54, 1.807) is 18.2 Å². The summed E-state index contributed by atoms with van der Waals surface area (Å²) in [6.07, 6.45) is 0.733. The monoisotopic (exact) mass is 276 g/mol. The highest BCUT2D eigenvalue weighted by Crippen LogP contribution is 2.34. The summed E-state index contributed by atoms with van der Waals surface area (Å²) in [4.78, 5) is 25.2. The zero-order valence-electron chi connectivity index (χ0n) is 10.9. The number of aliphatic carboxylic acids is 1. The van der Waals surface area contributed by atoms with Gasteiger partial charge in [0.1, 0.15) is 5.75 Å². The van der Waals surface area contributed by atoms with E-state index in [2.05, 4.69) is 5.32 Å². The first-order valence-electron chi connectivity index (χ1n) is 6.70. The second-order valence-corrected chi connectivity index (χ2v) is 5.01. The summed E-state index contributed by atoms with van der Waals surface area (Å²) in [5.74, 6) is -0.696. The molecular weight excluding hydrogens is 260 g/mol. The Morgan fingerprint density at radius 2 is 2.15 bits per heavy atom. The van der Waals surface area contributed by atoms with Crippen molar-refractivity contribution >= 4 is 17.6 Å². The van der Waals surface area contributed by atoms with Crippen LogP contribution in [0.4, 0.5) is 5.69 Å². The van der Waals surface area contributed by atoms with Crippen LogP contribution in [0.25, 0.3) is 0 Å². The molecular formula is C14H16N2O4. The molecule has 2 N–H and O–H groups in total. The fourth-order valence-electron chi connectivity index (χ4n) is 2.66. The maximum atomic E-state index is 12.5. The third-order valence-corrected chi connectivity index (χ3v) is 3.67. The average molecular weight is 276 g/mol. The number of benzene rings is 1. The fourth-order valence-corrected chi connectivity index (χ4v) is 2.66. The van der Waals surface area contributed by atoms with Crippen molar-refractivity contribution in [3.63, 3.8) is 0 Å². The Bertz CT molecular complexity index is 540. The number of para-hydroxylation sites is 2. The third-order valence-electron chi connectivity index (χ3n) is 3.67. The number of carbonyl (C=O) groups is 2. The van der Waals surface area contributed by atoms with E-state index in [9.17, 15) is 9.59 Å². The van der Waals surface area contributed by atoms with Crippen molar-refractivity contribution in [3.8, 4) is 5.75 Å². The van der Waals surface area contributed by atoms with Crippen molar-refractivity contribution in [2.24, 2.45) is 0 Å². The molecule has 1 unspecified atom stereocenters. The Labute approximate surface area is 116 Å². The highest BCUT2D eigenvalue weighted by Gasteiger charge is 2.36. The van der Waals surface area contributed by atoms with Crippen LogP contribution in [0.5, 0.6) is 5.75 Å². The van der Waals surface area contributed by atoms with Gasteiger partial charge in [-0.25, -0.2) is 4.79 Å². The molecule has 0 saturated carbocycles. The molecule has 2 aliphatic heterocycles. The standard InChI is InChI=1S/C14H16N2O4/c17-13(9-4-3-7-15-9)16-8-12(14(18)19)20-11-6-2-1-5-10(11)16/h1-2,5-6,9,12,15H,3-4,7-8H2,(H,18,19)/t9-,12?/m0/s1. The van der Waals surface area contributed by atoms with Gasteiger partial charge in [0.15, 0.2) is 0 Å². The topological polar surface area (TPSA) is 78.9 Å². The molecule has 0 spiro atoms. The summed E-state index contributed by atoms with van der Waals surface area (Å²) >= 11 is 0. The molecule has 1 aromatic rings. The molecule has 0 aliphatic carbocycles. The average Bonchev–Trinajstić information content (AvgIpc) is 2.99. The summed E-state index contributed by atoms with van der Waals surface area (Å²) in [7, 11) is 0. The zero-order chi connectivity index (χ0) is 14.1. The van der Waals surface area contributed by atoms with E-state index < -0.39 is 12.1 Å². The number of carbonyl (C=O) groups excluding carboxylic acids is 1. The van der Waals surface area contributed by atoms with Crippen LogP contribution in [0.3, 0.4) is 0 Å². The largest absolute Gasteiger partial charge is 0.478 e. The van der Waals surface area contributed by atoms with E-state index in [4.69, 9.17) is 9.84 Å². The summed E-state index contributed by atoms with van der Waals surface area (Å²) in [5.41, 5.74) is 0.642. The molecule has 2 heterocycles. The summed E-state index contributed by atoms with van der Waals surface area (Å²) in [6, 6.07) is 6.81. The van der Waals surface area contributed by atoms with Crippen molar-refractivity contribution in [1.82, 2.24) is 5.32 Å².